The lowest BCUT2D eigenvalue weighted by Crippen LogP contribution is -2.52. The second-order valence-electron chi connectivity index (χ2n) is 5.31. The molecule has 5 nitrogen and oxygen atoms in total. The molecule has 18 heavy (non-hydrogen) atoms. The Kier molecular flexibility index (Phi) is 5.52. The number of hydrogen-bond acceptors (Lipinski definition) is 4. The number of nitrogens with one attached hydrogen (secondary N) is 1. The van der Waals surface area contributed by atoms with Gasteiger partial charge in [0, 0.05) is 0 Å². The molecule has 0 aromatic rings. The second-order valence-corrected chi connectivity index (χ2v) is 6.68. The molecule has 0 aliphatic carbocycles. The number of hydrogen-bond donors (Lipinski definition) is 1. The van der Waals surface area contributed by atoms with Crippen molar-refractivity contribution in [3.63, 3.8) is 0 Å². The Morgan fingerprint density at radius 1 is 1.28 bits per heavy atom. The summed E-state index contributed by atoms with van der Waals surface area (Å²) in [6.07, 6.45) is -1.24. The van der Waals surface area contributed by atoms with E-state index in [4.69, 9.17) is 4.74 Å². The molecule has 0 saturated heterocycles. The van der Waals surface area contributed by atoms with Crippen LogP contribution in [0.15, 0.2) is 0 Å². The Morgan fingerprint density at radius 2 is 1.78 bits per heavy atom. The fourth-order valence-corrected chi connectivity index (χ4v) is 2.29. The van der Waals surface area contributed by atoms with Crippen LogP contribution in [0, 0.1) is 0 Å². The van der Waals surface area contributed by atoms with Crippen molar-refractivity contribution in [2.24, 2.45) is 0 Å². The van der Waals surface area contributed by atoms with E-state index in [-0.39, 0.29) is 6.42 Å². The van der Waals surface area contributed by atoms with Crippen LogP contribution in [0.2, 0.25) is 0 Å². The summed E-state index contributed by atoms with van der Waals surface area (Å²) in [5, 5.41) is 2.19. The van der Waals surface area contributed by atoms with E-state index in [0.717, 1.165) is 0 Å². The summed E-state index contributed by atoms with van der Waals surface area (Å²) in [7, 11) is -4.83. The molecule has 1 unspecified atom stereocenters. The van der Waals surface area contributed by atoms with Crippen LogP contribution >= 0.6 is 0 Å². The highest BCUT2D eigenvalue weighted by Gasteiger charge is 2.33. The summed E-state index contributed by atoms with van der Waals surface area (Å²) in [6, 6.07) is 0. The van der Waals surface area contributed by atoms with Gasteiger partial charge in [0.25, 0.3) is 0 Å². The molecule has 0 bridgehead atoms. The summed E-state index contributed by atoms with van der Waals surface area (Å²) in [5.74, 6) is -0.997. The number of halogens is 2. The van der Waals surface area contributed by atoms with Crippen molar-refractivity contribution in [2.45, 2.75) is 45.3 Å². The zero-order chi connectivity index (χ0) is 14.6. The topological polar surface area (TPSA) is 72.5 Å². The van der Waals surface area contributed by atoms with Crippen LogP contribution in [-0.2, 0) is 15.0 Å². The molecule has 0 aliphatic heterocycles. The molecule has 0 radical (unpaired) electrons. The van der Waals surface area contributed by atoms with Gasteiger partial charge in [0.15, 0.2) is 0 Å². The minimum Gasteiger partial charge on any atom is -0.444 e. The number of ether oxygens (including phenoxy) is 1. The average molecular weight is 287 g/mol. The van der Waals surface area contributed by atoms with E-state index in [9.17, 15) is 21.5 Å². The van der Waals surface area contributed by atoms with Gasteiger partial charge in [0.2, 0.25) is 0 Å². The Balaban J connectivity index is 4.76. The molecule has 108 valence electrons. The van der Waals surface area contributed by atoms with Crippen molar-refractivity contribution < 1.29 is 26.2 Å². The molecular weight excluding hydrogens is 268 g/mol. The Morgan fingerprint density at radius 3 is 2.11 bits per heavy atom. The van der Waals surface area contributed by atoms with Crippen LogP contribution in [0.4, 0.5) is 13.1 Å². The maximum atomic E-state index is 12.7. The smallest absolute Gasteiger partial charge is 0.408 e. The number of alkyl carbamates (subject to hydrolysis) is 1. The minimum absolute atomic E-state index is 0.324. The zero-order valence-corrected chi connectivity index (χ0v) is 11.7. The van der Waals surface area contributed by atoms with Gasteiger partial charge in [-0.15, -0.1) is 3.89 Å². The monoisotopic (exact) mass is 287 g/mol. The molecule has 0 heterocycles. The first kappa shape index (κ1) is 17.1. The standard InChI is InChI=1S/C10H19F2NO4S/c1-9(2,3)17-8(14)13-10(4,5-6-11)7-18(12,15)16/h5-7H2,1-4H3,(H,13,14). The van der Waals surface area contributed by atoms with E-state index in [1.54, 1.807) is 20.8 Å². The van der Waals surface area contributed by atoms with E-state index in [0.29, 0.717) is 0 Å². The SMILES string of the molecule is CC(CCF)(CS(=O)(=O)F)NC(=O)OC(C)(C)C. The van der Waals surface area contributed by atoms with Gasteiger partial charge in [0.1, 0.15) is 11.4 Å². The summed E-state index contributed by atoms with van der Waals surface area (Å²) in [6.45, 7) is 5.20. The van der Waals surface area contributed by atoms with E-state index in [2.05, 4.69) is 5.32 Å². The van der Waals surface area contributed by atoms with E-state index >= 15 is 0 Å². The highest BCUT2D eigenvalue weighted by molar-refractivity contribution is 7.86. The van der Waals surface area contributed by atoms with Crippen molar-refractivity contribution >= 4 is 16.3 Å². The molecule has 8 heteroatoms. The van der Waals surface area contributed by atoms with Crippen molar-refractivity contribution in [2.75, 3.05) is 12.4 Å². The van der Waals surface area contributed by atoms with Crippen LogP contribution in [-0.4, -0.2) is 38.1 Å². The molecule has 1 amide bonds. The predicted molar refractivity (Wildman–Crippen MR) is 63.3 cm³/mol. The van der Waals surface area contributed by atoms with Gasteiger partial charge >= 0.3 is 16.3 Å². The molecule has 0 rings (SSSR count). The minimum atomic E-state index is -4.83. The van der Waals surface area contributed by atoms with E-state index < -0.39 is 39.9 Å². The Labute approximate surface area is 106 Å². The molecule has 0 saturated carbocycles. The number of carbonyl (C=O) groups excluding carboxylic acids is 1. The Hall–Kier alpha value is -0.920. The third kappa shape index (κ3) is 8.21. The van der Waals surface area contributed by atoms with Gasteiger partial charge in [-0.25, -0.2) is 4.79 Å². The molecule has 0 aromatic carbocycles. The van der Waals surface area contributed by atoms with Gasteiger partial charge in [-0.05, 0) is 34.1 Å². The molecule has 0 spiro atoms. The normalized spacial score (nSPS) is 15.9. The van der Waals surface area contributed by atoms with Gasteiger partial charge in [-0.1, -0.05) is 0 Å². The molecule has 1 atom stereocenters. The molecule has 0 fully saturated rings. The highest BCUT2D eigenvalue weighted by Crippen LogP contribution is 2.16. The third-order valence-corrected chi connectivity index (χ3v) is 2.92. The van der Waals surface area contributed by atoms with Gasteiger partial charge in [-0.3, -0.25) is 4.39 Å². The number of rotatable bonds is 5. The van der Waals surface area contributed by atoms with Crippen molar-refractivity contribution in [1.29, 1.82) is 0 Å². The average Bonchev–Trinajstić information content (AvgIpc) is 1.93. The van der Waals surface area contributed by atoms with Gasteiger partial charge in [0.05, 0.1) is 12.2 Å². The number of alkyl halides is 1. The van der Waals surface area contributed by atoms with Crippen molar-refractivity contribution in [3.8, 4) is 0 Å². The lowest BCUT2D eigenvalue weighted by Gasteiger charge is -2.29. The quantitative estimate of drug-likeness (QED) is 0.784. The van der Waals surface area contributed by atoms with E-state index in [1.807, 2.05) is 0 Å². The first-order valence-corrected chi connectivity index (χ1v) is 6.92. The maximum absolute atomic E-state index is 12.7. The van der Waals surface area contributed by atoms with Crippen LogP contribution in [0.5, 0.6) is 0 Å². The fraction of sp³-hybridized carbons (Fsp3) is 0.900. The van der Waals surface area contributed by atoms with Crippen LogP contribution in [0.25, 0.3) is 0 Å². The van der Waals surface area contributed by atoms with Gasteiger partial charge < -0.3 is 10.1 Å². The highest BCUT2D eigenvalue weighted by atomic mass is 32.3. The molecular formula is C10H19F2NO4S. The van der Waals surface area contributed by atoms with E-state index in [1.165, 1.54) is 6.92 Å². The van der Waals surface area contributed by atoms with Crippen molar-refractivity contribution in [1.82, 2.24) is 5.32 Å². The third-order valence-electron chi connectivity index (χ3n) is 1.94. The second kappa shape index (κ2) is 5.81. The summed E-state index contributed by atoms with van der Waals surface area (Å²) >= 11 is 0. The van der Waals surface area contributed by atoms with Crippen LogP contribution in [0.3, 0.4) is 0 Å². The fourth-order valence-electron chi connectivity index (χ4n) is 1.31. The largest absolute Gasteiger partial charge is 0.444 e. The predicted octanol–water partition coefficient (Wildman–Crippen LogP) is 1.93. The summed E-state index contributed by atoms with van der Waals surface area (Å²) in [5.41, 5.74) is -2.32. The summed E-state index contributed by atoms with van der Waals surface area (Å²) < 4.78 is 51.1. The first-order chi connectivity index (χ1) is 7.87. The van der Waals surface area contributed by atoms with Crippen LogP contribution in [0.1, 0.15) is 34.1 Å². The van der Waals surface area contributed by atoms with Crippen LogP contribution < -0.4 is 5.32 Å². The lowest BCUT2D eigenvalue weighted by molar-refractivity contribution is 0.0466. The number of amides is 1. The first-order valence-electron chi connectivity index (χ1n) is 5.36. The van der Waals surface area contributed by atoms with Gasteiger partial charge in [-0.2, -0.15) is 8.42 Å². The van der Waals surface area contributed by atoms with Crippen molar-refractivity contribution in [3.05, 3.63) is 0 Å². The zero-order valence-electron chi connectivity index (χ0n) is 10.9. The molecule has 0 aliphatic rings. The lowest BCUT2D eigenvalue weighted by atomic mass is 10.0. The number of carbonyl (C=O) groups is 1. The maximum Gasteiger partial charge on any atom is 0.408 e. The molecule has 0 aromatic heterocycles. The summed E-state index contributed by atoms with van der Waals surface area (Å²) in [4.78, 5) is 11.5. The Bertz CT molecular complexity index is 391. The molecule has 1 N–H and O–H groups in total.